The van der Waals surface area contributed by atoms with Crippen molar-refractivity contribution in [2.24, 2.45) is 0 Å². The maximum Gasteiger partial charge on any atom is 0.343 e. The second kappa shape index (κ2) is 9.78. The van der Waals surface area contributed by atoms with Crippen LogP contribution in [0.1, 0.15) is 73.1 Å². The van der Waals surface area contributed by atoms with Gasteiger partial charge >= 0.3 is 11.9 Å². The molecule has 0 aromatic carbocycles. The molecule has 0 saturated heterocycles. The number of carbonyl (C=O) groups is 2. The topological polar surface area (TPSA) is 61.8 Å². The van der Waals surface area contributed by atoms with Crippen molar-refractivity contribution in [1.29, 1.82) is 0 Å². The number of unbranched alkanes of at least 4 members (excludes halogenated alkanes) is 3. The van der Waals surface area contributed by atoms with Crippen molar-refractivity contribution in [3.05, 3.63) is 11.6 Å². The van der Waals surface area contributed by atoms with Gasteiger partial charge in [-0.25, -0.2) is 9.59 Å². The monoisotopic (exact) mass is 364 g/mol. The van der Waals surface area contributed by atoms with Crippen LogP contribution in [0.2, 0.25) is 0 Å². The third-order valence-corrected chi connectivity index (χ3v) is 3.95. The number of methoxy groups -OCH3 is 1. The van der Waals surface area contributed by atoms with Crippen molar-refractivity contribution in [3.8, 4) is 11.8 Å². The summed E-state index contributed by atoms with van der Waals surface area (Å²) in [5.41, 5.74) is -1.67. The van der Waals surface area contributed by atoms with Crippen molar-refractivity contribution in [3.63, 3.8) is 0 Å². The quantitative estimate of drug-likeness (QED) is 0.389. The van der Waals surface area contributed by atoms with E-state index < -0.39 is 29.2 Å². The van der Waals surface area contributed by atoms with E-state index in [4.69, 9.17) is 14.2 Å². The molecule has 1 aliphatic rings. The molecule has 0 fully saturated rings. The maximum atomic E-state index is 12.9. The van der Waals surface area contributed by atoms with Gasteiger partial charge < -0.3 is 14.2 Å². The second-order valence-corrected chi connectivity index (χ2v) is 7.51. The zero-order chi connectivity index (χ0) is 19.8. The average Bonchev–Trinajstić information content (AvgIpc) is 2.95. The average molecular weight is 364 g/mol. The highest BCUT2D eigenvalue weighted by molar-refractivity contribution is 5.94. The Bertz CT molecular complexity index is 588. The summed E-state index contributed by atoms with van der Waals surface area (Å²) < 4.78 is 16.5. The minimum absolute atomic E-state index is 0.276. The van der Waals surface area contributed by atoms with E-state index in [9.17, 15) is 9.59 Å². The molecule has 0 bridgehead atoms. The van der Waals surface area contributed by atoms with E-state index >= 15 is 0 Å². The Hall–Kier alpha value is -1.80. The lowest BCUT2D eigenvalue weighted by atomic mass is 9.95. The fourth-order valence-corrected chi connectivity index (χ4v) is 2.60. The second-order valence-electron chi connectivity index (χ2n) is 7.51. The lowest BCUT2D eigenvalue weighted by Gasteiger charge is -2.30. The standard InChI is InChI=1S/C21H32O5/c1-7-9-11-12-13-17-16(18(22)24-6)15-21(25-17,14-10-8-2)19(23)26-20(3,4)5/h15,17H,7-11,14H2,1-6H3/t17-,21-/m1/s1. The van der Waals surface area contributed by atoms with E-state index in [-0.39, 0.29) is 5.57 Å². The normalized spacial score (nSPS) is 22.2. The van der Waals surface area contributed by atoms with Crippen LogP contribution in [0.5, 0.6) is 0 Å². The molecule has 0 N–H and O–H groups in total. The minimum atomic E-state index is -1.29. The molecule has 0 saturated carbocycles. The van der Waals surface area contributed by atoms with E-state index in [1.165, 1.54) is 7.11 Å². The zero-order valence-corrected chi connectivity index (χ0v) is 16.9. The molecule has 1 aliphatic heterocycles. The van der Waals surface area contributed by atoms with Crippen LogP contribution in [0.4, 0.5) is 0 Å². The van der Waals surface area contributed by atoms with Crippen LogP contribution in [0.25, 0.3) is 0 Å². The maximum absolute atomic E-state index is 12.9. The molecular formula is C21H32O5. The van der Waals surface area contributed by atoms with Gasteiger partial charge in [0.15, 0.2) is 11.7 Å². The van der Waals surface area contributed by atoms with E-state index in [2.05, 4.69) is 18.8 Å². The highest BCUT2D eigenvalue weighted by Gasteiger charge is 2.49. The van der Waals surface area contributed by atoms with E-state index in [0.29, 0.717) is 6.42 Å². The Balaban J connectivity index is 3.19. The number of hydrogen-bond acceptors (Lipinski definition) is 5. The summed E-state index contributed by atoms with van der Waals surface area (Å²) >= 11 is 0. The molecule has 2 atom stereocenters. The summed E-state index contributed by atoms with van der Waals surface area (Å²) in [5, 5.41) is 0. The molecule has 26 heavy (non-hydrogen) atoms. The molecule has 1 rings (SSSR count). The number of hydrogen-bond donors (Lipinski definition) is 0. The van der Waals surface area contributed by atoms with Gasteiger partial charge in [0.25, 0.3) is 0 Å². The summed E-state index contributed by atoms with van der Waals surface area (Å²) in [6.07, 6.45) is 5.61. The van der Waals surface area contributed by atoms with Gasteiger partial charge in [-0.2, -0.15) is 0 Å². The summed E-state index contributed by atoms with van der Waals surface area (Å²) in [6, 6.07) is 0. The number of carbonyl (C=O) groups excluding carboxylic acids is 2. The molecule has 5 nitrogen and oxygen atoms in total. The molecule has 0 aliphatic carbocycles. The molecule has 0 aromatic rings. The highest BCUT2D eigenvalue weighted by Crippen LogP contribution is 2.36. The van der Waals surface area contributed by atoms with Crippen LogP contribution < -0.4 is 0 Å². The Labute approximate surface area is 157 Å². The first-order chi connectivity index (χ1) is 12.2. The van der Waals surface area contributed by atoms with Gasteiger partial charge in [0, 0.05) is 6.42 Å². The Morgan fingerprint density at radius 3 is 2.42 bits per heavy atom. The fourth-order valence-electron chi connectivity index (χ4n) is 2.60. The summed E-state index contributed by atoms with van der Waals surface area (Å²) in [4.78, 5) is 25.1. The fraction of sp³-hybridized carbons (Fsp3) is 0.714. The first-order valence-corrected chi connectivity index (χ1v) is 9.39. The van der Waals surface area contributed by atoms with Crippen LogP contribution in [0.3, 0.4) is 0 Å². The lowest BCUT2D eigenvalue weighted by Crippen LogP contribution is -2.43. The third-order valence-electron chi connectivity index (χ3n) is 3.95. The predicted molar refractivity (Wildman–Crippen MR) is 100 cm³/mol. The van der Waals surface area contributed by atoms with Gasteiger partial charge in [0.2, 0.25) is 0 Å². The highest BCUT2D eigenvalue weighted by atomic mass is 16.6. The van der Waals surface area contributed by atoms with Crippen molar-refractivity contribution in [2.75, 3.05) is 7.11 Å². The van der Waals surface area contributed by atoms with E-state index in [0.717, 1.165) is 32.1 Å². The zero-order valence-electron chi connectivity index (χ0n) is 16.9. The van der Waals surface area contributed by atoms with Gasteiger partial charge in [-0.3, -0.25) is 0 Å². The molecule has 1 heterocycles. The lowest BCUT2D eigenvalue weighted by molar-refractivity contribution is -0.178. The molecule has 0 radical (unpaired) electrons. The van der Waals surface area contributed by atoms with Crippen LogP contribution in [-0.4, -0.2) is 36.4 Å². The van der Waals surface area contributed by atoms with Gasteiger partial charge in [-0.15, -0.1) is 5.92 Å². The van der Waals surface area contributed by atoms with Crippen LogP contribution in [0.15, 0.2) is 11.6 Å². The van der Waals surface area contributed by atoms with Crippen LogP contribution in [-0.2, 0) is 23.8 Å². The Morgan fingerprint density at radius 2 is 1.88 bits per heavy atom. The van der Waals surface area contributed by atoms with Crippen LogP contribution in [0, 0.1) is 11.8 Å². The Morgan fingerprint density at radius 1 is 1.23 bits per heavy atom. The van der Waals surface area contributed by atoms with Crippen molar-refractivity contribution < 1.29 is 23.8 Å². The molecule has 0 unspecified atom stereocenters. The first-order valence-electron chi connectivity index (χ1n) is 9.39. The van der Waals surface area contributed by atoms with Gasteiger partial charge in [-0.1, -0.05) is 32.6 Å². The number of esters is 2. The summed E-state index contributed by atoms with van der Waals surface area (Å²) in [7, 11) is 1.31. The minimum Gasteiger partial charge on any atom is -0.466 e. The van der Waals surface area contributed by atoms with Gasteiger partial charge in [-0.05, 0) is 46.1 Å². The predicted octanol–water partition coefficient (Wildman–Crippen LogP) is 3.95. The van der Waals surface area contributed by atoms with Gasteiger partial charge in [0.1, 0.15) is 5.60 Å². The summed E-state index contributed by atoms with van der Waals surface area (Å²) in [6.45, 7) is 9.54. The van der Waals surface area contributed by atoms with Crippen molar-refractivity contribution in [2.45, 2.75) is 90.4 Å². The first kappa shape index (κ1) is 22.2. The van der Waals surface area contributed by atoms with Crippen molar-refractivity contribution in [1.82, 2.24) is 0 Å². The van der Waals surface area contributed by atoms with Crippen molar-refractivity contribution >= 4 is 11.9 Å². The smallest absolute Gasteiger partial charge is 0.343 e. The van der Waals surface area contributed by atoms with Gasteiger partial charge in [0.05, 0.1) is 12.7 Å². The molecule has 0 amide bonds. The number of rotatable bonds is 7. The molecule has 5 heteroatoms. The van der Waals surface area contributed by atoms with E-state index in [1.807, 2.05) is 6.92 Å². The third kappa shape index (κ3) is 6.17. The molecule has 0 spiro atoms. The molecular weight excluding hydrogens is 332 g/mol. The largest absolute Gasteiger partial charge is 0.466 e. The SMILES string of the molecule is CCCCC#C[C@H]1O[C@@](CCCC)(C(=O)OC(C)(C)C)C=C1C(=O)OC. The molecule has 146 valence electrons. The molecule has 0 aromatic heterocycles. The summed E-state index contributed by atoms with van der Waals surface area (Å²) in [5.74, 6) is 5.01. The Kier molecular flexibility index (Phi) is 8.36. The van der Waals surface area contributed by atoms with Crippen LogP contribution >= 0.6 is 0 Å². The number of ether oxygens (including phenoxy) is 3. The van der Waals surface area contributed by atoms with E-state index in [1.54, 1.807) is 26.8 Å².